The van der Waals surface area contributed by atoms with Crippen molar-refractivity contribution in [3.05, 3.63) is 53.3 Å². The molecular weight excluding hydrogens is 310 g/mol. The van der Waals surface area contributed by atoms with Gasteiger partial charge >= 0.3 is 0 Å². The molecule has 1 amide bonds. The van der Waals surface area contributed by atoms with Gasteiger partial charge in [0.05, 0.1) is 10.9 Å². The van der Waals surface area contributed by atoms with Crippen LogP contribution >= 0.6 is 0 Å². The Bertz CT molecular complexity index is 1130. The van der Waals surface area contributed by atoms with Crippen LogP contribution in [0.5, 0.6) is 0 Å². The molecule has 0 spiro atoms. The Hall–Kier alpha value is -3.62. The molecule has 0 aliphatic heterocycles. The van der Waals surface area contributed by atoms with Crippen molar-refractivity contribution in [1.29, 1.82) is 0 Å². The fourth-order valence-corrected chi connectivity index (χ4v) is 2.39. The second kappa shape index (κ2) is 5.23. The van der Waals surface area contributed by atoms with Gasteiger partial charge in [0.15, 0.2) is 5.82 Å². The van der Waals surface area contributed by atoms with Crippen molar-refractivity contribution in [2.45, 2.75) is 6.92 Å². The summed E-state index contributed by atoms with van der Waals surface area (Å²) in [5.41, 5.74) is 3.34. The summed E-state index contributed by atoms with van der Waals surface area (Å²) in [6, 6.07) is 5.30. The minimum absolute atomic E-state index is 0.321. The zero-order valence-electron chi connectivity index (χ0n) is 12.5. The highest BCUT2D eigenvalue weighted by molar-refractivity contribution is 5.83. The first kappa shape index (κ1) is 14.0. The Labute approximate surface area is 134 Å². The summed E-state index contributed by atoms with van der Waals surface area (Å²) in [5.74, 6) is 0.497. The highest BCUT2D eigenvalue weighted by atomic mass is 16.2. The minimum Gasteiger partial charge on any atom is -0.274 e. The molecule has 0 saturated heterocycles. The lowest BCUT2D eigenvalue weighted by atomic mass is 10.3. The number of nitrogens with one attached hydrogen (secondary N) is 1. The molecule has 0 radical (unpaired) electrons. The van der Waals surface area contributed by atoms with Crippen LogP contribution in [0.15, 0.2) is 47.8 Å². The molecule has 9 nitrogen and oxygen atoms in total. The van der Waals surface area contributed by atoms with E-state index in [0.29, 0.717) is 22.5 Å². The molecule has 0 bridgehead atoms. The van der Waals surface area contributed by atoms with Crippen LogP contribution in [0.2, 0.25) is 0 Å². The average molecular weight is 321 g/mol. The number of carbonyl (C=O) groups excluding carboxylic acids is 1. The van der Waals surface area contributed by atoms with Crippen molar-refractivity contribution in [3.63, 3.8) is 0 Å². The monoisotopic (exact) mass is 321 g/mol. The van der Waals surface area contributed by atoms with Crippen LogP contribution in [0.3, 0.4) is 0 Å². The van der Waals surface area contributed by atoms with E-state index in [9.17, 15) is 9.59 Å². The Morgan fingerprint density at radius 1 is 1.25 bits per heavy atom. The number of rotatable bonds is 2. The van der Waals surface area contributed by atoms with E-state index in [1.54, 1.807) is 24.5 Å². The predicted molar refractivity (Wildman–Crippen MR) is 85.8 cm³/mol. The minimum atomic E-state index is -0.393. The second-order valence-electron chi connectivity index (χ2n) is 5.10. The summed E-state index contributed by atoms with van der Waals surface area (Å²) < 4.78 is 2.61. The van der Waals surface area contributed by atoms with E-state index in [4.69, 9.17) is 0 Å². The van der Waals surface area contributed by atoms with Crippen molar-refractivity contribution in [3.8, 4) is 11.4 Å². The Morgan fingerprint density at radius 2 is 2.12 bits per heavy atom. The van der Waals surface area contributed by atoms with Crippen LogP contribution in [0.1, 0.15) is 6.92 Å². The van der Waals surface area contributed by atoms with E-state index >= 15 is 0 Å². The number of aromatic nitrogens is 6. The number of hydrogen-bond donors (Lipinski definition) is 1. The summed E-state index contributed by atoms with van der Waals surface area (Å²) in [6.07, 6.45) is 6.21. The van der Waals surface area contributed by atoms with E-state index in [-0.39, 0.29) is 5.91 Å². The summed E-state index contributed by atoms with van der Waals surface area (Å²) in [5, 5.41) is 4.73. The fraction of sp³-hybridized carbons (Fsp3) is 0.0667. The first-order valence-corrected chi connectivity index (χ1v) is 7.08. The molecule has 9 heteroatoms. The predicted octanol–water partition coefficient (Wildman–Crippen LogP) is 0.591. The quantitative estimate of drug-likeness (QED) is 0.579. The van der Waals surface area contributed by atoms with E-state index < -0.39 is 5.56 Å². The van der Waals surface area contributed by atoms with Crippen molar-refractivity contribution in [1.82, 2.24) is 29.2 Å². The molecule has 0 fully saturated rings. The van der Waals surface area contributed by atoms with Gasteiger partial charge in [0.1, 0.15) is 0 Å². The van der Waals surface area contributed by atoms with Gasteiger partial charge in [0.25, 0.3) is 11.3 Å². The zero-order valence-corrected chi connectivity index (χ0v) is 12.5. The van der Waals surface area contributed by atoms with Gasteiger partial charge in [-0.2, -0.15) is 9.50 Å². The van der Waals surface area contributed by atoms with Crippen molar-refractivity contribution < 1.29 is 4.79 Å². The maximum absolute atomic E-state index is 12.4. The number of hydrogen-bond acceptors (Lipinski definition) is 6. The topological polar surface area (TPSA) is 107 Å². The first-order valence-electron chi connectivity index (χ1n) is 7.08. The summed E-state index contributed by atoms with van der Waals surface area (Å²) in [6.45, 7) is 1.33. The number of amides is 1. The first-order chi connectivity index (χ1) is 11.6. The molecule has 0 aromatic carbocycles. The maximum Gasteiger partial charge on any atom is 0.280 e. The lowest BCUT2D eigenvalue weighted by Gasteiger charge is -2.07. The molecule has 24 heavy (non-hydrogen) atoms. The lowest BCUT2D eigenvalue weighted by molar-refractivity contribution is -0.115. The third kappa shape index (κ3) is 2.19. The highest BCUT2D eigenvalue weighted by Gasteiger charge is 2.12. The zero-order chi connectivity index (χ0) is 16.7. The van der Waals surface area contributed by atoms with Gasteiger partial charge in [-0.25, -0.2) is 9.66 Å². The Balaban J connectivity index is 1.95. The normalized spacial score (nSPS) is 11.0. The SMILES string of the molecule is CC(=O)Nn1ccc2c(cnc3nc(-c4cccnc4)nn32)c1=O. The summed E-state index contributed by atoms with van der Waals surface area (Å²) in [7, 11) is 0. The number of nitrogens with zero attached hydrogens (tertiary/aromatic N) is 6. The number of pyridine rings is 2. The van der Waals surface area contributed by atoms with Gasteiger partial charge in [0, 0.05) is 37.3 Å². The Kier molecular flexibility index (Phi) is 3.05. The molecule has 4 heterocycles. The van der Waals surface area contributed by atoms with Crippen molar-refractivity contribution in [2.75, 3.05) is 5.43 Å². The molecule has 1 N–H and O–H groups in total. The molecule has 4 aromatic rings. The van der Waals surface area contributed by atoms with Crippen LogP contribution in [0, 0.1) is 0 Å². The highest BCUT2D eigenvalue weighted by Crippen LogP contribution is 2.16. The van der Waals surface area contributed by atoms with Crippen LogP contribution in [0.4, 0.5) is 0 Å². The number of fused-ring (bicyclic) bond motifs is 3. The van der Waals surface area contributed by atoms with E-state index in [0.717, 1.165) is 10.2 Å². The van der Waals surface area contributed by atoms with Gasteiger partial charge in [-0.3, -0.25) is 20.0 Å². The molecule has 0 unspecified atom stereocenters. The second-order valence-corrected chi connectivity index (χ2v) is 5.10. The van der Waals surface area contributed by atoms with Gasteiger partial charge in [-0.1, -0.05) is 0 Å². The van der Waals surface area contributed by atoms with Crippen LogP contribution in [-0.4, -0.2) is 35.1 Å². The molecule has 0 aliphatic carbocycles. The third-order valence-corrected chi connectivity index (χ3v) is 3.43. The van der Waals surface area contributed by atoms with Crippen molar-refractivity contribution >= 4 is 22.6 Å². The lowest BCUT2D eigenvalue weighted by Crippen LogP contribution is -2.31. The van der Waals surface area contributed by atoms with Crippen LogP contribution < -0.4 is 11.0 Å². The maximum atomic E-state index is 12.4. The molecule has 4 aromatic heterocycles. The molecule has 0 aliphatic rings. The largest absolute Gasteiger partial charge is 0.280 e. The Morgan fingerprint density at radius 3 is 2.88 bits per heavy atom. The fourth-order valence-electron chi connectivity index (χ4n) is 2.39. The van der Waals surface area contributed by atoms with Gasteiger partial charge in [-0.15, -0.1) is 5.10 Å². The van der Waals surface area contributed by atoms with Gasteiger partial charge < -0.3 is 0 Å². The molecule has 0 saturated carbocycles. The summed E-state index contributed by atoms with van der Waals surface area (Å²) in [4.78, 5) is 36.2. The van der Waals surface area contributed by atoms with E-state index in [2.05, 4.69) is 25.5 Å². The standard InChI is InChI=1S/C15H11N7O2/c1-9(23)19-21-6-4-12-11(14(21)24)8-17-15-18-13(20-22(12)15)10-3-2-5-16-7-10/h2-8H,1H3,(H,19,23). The van der Waals surface area contributed by atoms with E-state index in [1.165, 1.54) is 23.8 Å². The average Bonchev–Trinajstić information content (AvgIpc) is 3.02. The molecule has 4 rings (SSSR count). The van der Waals surface area contributed by atoms with Crippen molar-refractivity contribution in [2.24, 2.45) is 0 Å². The van der Waals surface area contributed by atoms with Crippen LogP contribution in [0.25, 0.3) is 28.1 Å². The van der Waals surface area contributed by atoms with Gasteiger partial charge in [-0.05, 0) is 18.2 Å². The number of carbonyl (C=O) groups is 1. The van der Waals surface area contributed by atoms with E-state index in [1.807, 2.05) is 6.07 Å². The molecular formula is C15H11N7O2. The van der Waals surface area contributed by atoms with Gasteiger partial charge in [0.2, 0.25) is 5.91 Å². The third-order valence-electron chi connectivity index (χ3n) is 3.43. The molecule has 0 atom stereocenters. The van der Waals surface area contributed by atoms with Crippen LogP contribution in [-0.2, 0) is 4.79 Å². The molecule has 118 valence electrons. The summed E-state index contributed by atoms with van der Waals surface area (Å²) >= 11 is 0. The smallest absolute Gasteiger partial charge is 0.274 e.